The zero-order chi connectivity index (χ0) is 25.7. The zero-order valence-electron chi connectivity index (χ0n) is 20.2. The Kier molecular flexibility index (Phi) is 6.21. The van der Waals surface area contributed by atoms with Gasteiger partial charge >= 0.3 is 168 Å². The predicted molar refractivity (Wildman–Crippen MR) is 143 cm³/mol. The number of halogens is 2. The van der Waals surface area contributed by atoms with E-state index in [1.165, 1.54) is 36.8 Å². The molecule has 12 heteroatoms. The Morgan fingerprint density at radius 3 is 2.76 bits per heavy atom. The van der Waals surface area contributed by atoms with Gasteiger partial charge in [0.1, 0.15) is 0 Å². The van der Waals surface area contributed by atoms with E-state index in [0.717, 1.165) is 16.3 Å². The Morgan fingerprint density at radius 2 is 2.00 bits per heavy atom. The molecule has 3 fully saturated rings. The summed E-state index contributed by atoms with van der Waals surface area (Å²) in [7, 11) is 1.60. The van der Waals surface area contributed by atoms with Crippen molar-refractivity contribution in [3.63, 3.8) is 0 Å². The quantitative estimate of drug-likeness (QED) is 0.253. The molecule has 7 rings (SSSR count). The van der Waals surface area contributed by atoms with Gasteiger partial charge in [-0.05, 0) is 12.1 Å². The third kappa shape index (κ3) is 4.51. The van der Waals surface area contributed by atoms with Gasteiger partial charge in [-0.1, -0.05) is 6.07 Å². The van der Waals surface area contributed by atoms with Gasteiger partial charge in [0.15, 0.2) is 5.58 Å². The van der Waals surface area contributed by atoms with Gasteiger partial charge in [-0.3, -0.25) is 4.57 Å². The van der Waals surface area contributed by atoms with Crippen LogP contribution in [0.3, 0.4) is 0 Å². The van der Waals surface area contributed by atoms with Gasteiger partial charge in [-0.15, -0.1) is 0 Å². The molecule has 2 bridgehead atoms. The molecule has 4 aromatic rings. The van der Waals surface area contributed by atoms with Crippen LogP contribution in [0, 0.1) is 17.7 Å². The number of oxazole rings is 1. The first-order chi connectivity index (χ1) is 17.9. The van der Waals surface area contributed by atoms with Gasteiger partial charge in [0.05, 0.1) is 5.52 Å². The van der Waals surface area contributed by atoms with E-state index in [-0.39, 0.29) is 23.6 Å². The summed E-state index contributed by atoms with van der Waals surface area (Å²) in [6.07, 6.45) is 3.55. The molecule has 3 saturated heterocycles. The normalized spacial score (nSPS) is 20.0. The Morgan fingerprint density at radius 1 is 1.19 bits per heavy atom. The molecule has 6 heterocycles. The van der Waals surface area contributed by atoms with Crippen molar-refractivity contribution in [1.82, 2.24) is 29.8 Å². The molecule has 1 aromatic carbocycles. The van der Waals surface area contributed by atoms with Crippen LogP contribution in [0.25, 0.3) is 16.7 Å². The number of nitrogens with one attached hydrogen (secondary N) is 2. The van der Waals surface area contributed by atoms with Crippen molar-refractivity contribution in [2.24, 2.45) is 18.9 Å². The second-order valence-electron chi connectivity index (χ2n) is 9.57. The summed E-state index contributed by atoms with van der Waals surface area (Å²) in [6, 6.07) is 6.48. The number of nitrogens with zero attached hydrogens (tertiary/aromatic N) is 4. The van der Waals surface area contributed by atoms with Gasteiger partial charge in [0.25, 0.3) is 0 Å². The number of benzene rings is 1. The van der Waals surface area contributed by atoms with E-state index in [1.807, 2.05) is 0 Å². The topological polar surface area (TPSA) is 124 Å². The van der Waals surface area contributed by atoms with Gasteiger partial charge in [-0.25, -0.2) is 4.79 Å². The zero-order valence-corrected chi connectivity index (χ0v) is 22.3. The van der Waals surface area contributed by atoms with E-state index in [1.54, 1.807) is 25.2 Å². The number of aromatic nitrogens is 4. The summed E-state index contributed by atoms with van der Waals surface area (Å²) in [5, 5.41) is 9.73. The Labute approximate surface area is 218 Å². The maximum Gasteiger partial charge on any atom is 0.0899 e. The number of aryl methyl sites for hydroxylation is 1. The van der Waals surface area contributed by atoms with Gasteiger partial charge in [0.2, 0.25) is 0 Å². The number of fused-ring (bicyclic) bond motifs is 5. The molecule has 3 aromatic heterocycles. The number of carbonyl (C=O) groups excluding carboxylic acids is 2. The van der Waals surface area contributed by atoms with Crippen LogP contribution in [0.4, 0.5) is 4.39 Å². The summed E-state index contributed by atoms with van der Waals surface area (Å²) < 4.78 is 26.2. The molecular formula is C25H26FIN6O4. The average Bonchev–Trinajstić information content (AvgIpc) is 3.44. The first-order valence-corrected chi connectivity index (χ1v) is 16.7. The fraction of sp³-hybridized carbons (Fsp3) is 0.400. The van der Waals surface area contributed by atoms with Gasteiger partial charge in [0, 0.05) is 7.05 Å². The van der Waals surface area contributed by atoms with Crippen molar-refractivity contribution >= 4 is 48.4 Å². The van der Waals surface area contributed by atoms with E-state index in [2.05, 4.69) is 20.7 Å². The molecule has 3 aliphatic heterocycles. The molecular weight excluding hydrogens is 594 g/mol. The SMILES string of the molecule is Cn1c(=O)oc2ccc(CNC(=O)c3cc(C(=O)NC[C@H]4CI5CCC4CC5)n4ncc(F)c4n3)cc21. The van der Waals surface area contributed by atoms with Crippen LogP contribution in [0.1, 0.15) is 39.4 Å². The Balaban J connectivity index is 1.20. The standard InChI is InChI=1S/C25H26FIN6O4/c1-32-19-8-14(2-3-21(19)37-25(32)36)11-28-23(34)18-9-20(33-22(31-18)17(26)13-30-33)24(35)29-12-16-10-27-6-4-15(16)5-7-27/h2-3,8-9,13,15-16H,4-7,10-12H2,1H3,(H,28,34)(H,29,35)/t16-/m1/s1. The third-order valence-electron chi connectivity index (χ3n) is 7.31. The molecule has 0 saturated carbocycles. The number of rotatable bonds is 6. The summed E-state index contributed by atoms with van der Waals surface area (Å²) >= 11 is -0.824. The Bertz CT molecular complexity index is 1590. The van der Waals surface area contributed by atoms with E-state index in [9.17, 15) is 18.8 Å². The van der Waals surface area contributed by atoms with E-state index < -0.39 is 43.2 Å². The van der Waals surface area contributed by atoms with Crippen LogP contribution in [0.15, 0.2) is 39.7 Å². The maximum atomic E-state index is 14.4. The van der Waals surface area contributed by atoms with Crippen molar-refractivity contribution in [2.45, 2.75) is 19.4 Å². The molecule has 37 heavy (non-hydrogen) atoms. The largest absolute Gasteiger partial charge is 0.0899 e. The fourth-order valence-electron chi connectivity index (χ4n) is 5.16. The van der Waals surface area contributed by atoms with Crippen molar-refractivity contribution < 1.29 is 18.4 Å². The molecule has 0 spiro atoms. The predicted octanol–water partition coefficient (Wildman–Crippen LogP) is 2.52. The first-order valence-electron chi connectivity index (χ1n) is 12.1. The molecule has 194 valence electrons. The van der Waals surface area contributed by atoms with Crippen LogP contribution in [-0.2, 0) is 13.6 Å². The molecule has 0 aliphatic carbocycles. The minimum absolute atomic E-state index is 0.0636. The van der Waals surface area contributed by atoms with Crippen molar-refractivity contribution in [3.05, 3.63) is 63.8 Å². The Hall–Kier alpha value is -3.29. The van der Waals surface area contributed by atoms with Crippen LogP contribution >= 0.6 is 19.8 Å². The van der Waals surface area contributed by atoms with Crippen LogP contribution < -0.4 is 16.4 Å². The average molecular weight is 620 g/mol. The number of amides is 2. The minimum atomic E-state index is -0.824. The van der Waals surface area contributed by atoms with Crippen LogP contribution in [0.5, 0.6) is 0 Å². The molecule has 10 nitrogen and oxygen atoms in total. The summed E-state index contributed by atoms with van der Waals surface area (Å²) in [5.41, 5.74) is 1.58. The van der Waals surface area contributed by atoms with Crippen molar-refractivity contribution in [3.8, 4) is 0 Å². The van der Waals surface area contributed by atoms with E-state index in [0.29, 0.717) is 29.5 Å². The molecule has 0 unspecified atom stereocenters. The van der Waals surface area contributed by atoms with E-state index >= 15 is 0 Å². The fourth-order valence-corrected chi connectivity index (χ4v) is 12.6. The number of carbonyl (C=O) groups is 2. The van der Waals surface area contributed by atoms with Crippen molar-refractivity contribution in [2.75, 3.05) is 19.8 Å². The molecule has 0 radical (unpaired) electrons. The van der Waals surface area contributed by atoms with Gasteiger partial charge < -0.3 is 4.42 Å². The molecule has 2 amide bonds. The summed E-state index contributed by atoms with van der Waals surface area (Å²) in [5.74, 6) is -0.965. The summed E-state index contributed by atoms with van der Waals surface area (Å²) in [4.78, 5) is 42.0. The smallest absolute Gasteiger partial charge is 0.0294 e. The second-order valence-corrected chi connectivity index (χ2v) is 15.8. The molecule has 2 N–H and O–H groups in total. The van der Waals surface area contributed by atoms with E-state index in [4.69, 9.17) is 4.42 Å². The molecule has 3 aliphatic rings. The van der Waals surface area contributed by atoms with Gasteiger partial charge in [-0.2, -0.15) is 0 Å². The third-order valence-corrected chi connectivity index (χ3v) is 14.0. The number of alkyl halides is 3. The minimum Gasteiger partial charge on any atom is -0.0294 e. The second kappa shape index (κ2) is 9.54. The monoisotopic (exact) mass is 620 g/mol. The number of hydrogen-bond donors (Lipinski definition) is 2. The maximum absolute atomic E-state index is 14.4. The van der Waals surface area contributed by atoms with Crippen LogP contribution in [0.2, 0.25) is 0 Å². The summed E-state index contributed by atoms with van der Waals surface area (Å²) in [6.45, 7) is 0.727. The number of hydrogen-bond acceptors (Lipinski definition) is 6. The van der Waals surface area contributed by atoms with Crippen molar-refractivity contribution in [1.29, 1.82) is 0 Å². The molecule has 1 atom stereocenters. The first kappa shape index (κ1) is 24.1. The van der Waals surface area contributed by atoms with Crippen LogP contribution in [-0.4, -0.2) is 50.8 Å².